The third-order valence-corrected chi connectivity index (χ3v) is 5.03. The van der Waals surface area contributed by atoms with E-state index in [1.54, 1.807) is 0 Å². The van der Waals surface area contributed by atoms with Crippen LogP contribution in [0.4, 0.5) is 0 Å². The zero-order chi connectivity index (χ0) is 24.2. The van der Waals surface area contributed by atoms with Crippen molar-refractivity contribution >= 4 is 35.8 Å². The summed E-state index contributed by atoms with van der Waals surface area (Å²) in [7, 11) is 0. The Kier molecular flexibility index (Phi) is 8.17. The van der Waals surface area contributed by atoms with E-state index in [-0.39, 0.29) is 19.4 Å². The lowest BCUT2D eigenvalue weighted by molar-refractivity contribution is -0.209. The second-order valence-electron chi connectivity index (χ2n) is 7.64. The molecule has 0 aromatic rings. The van der Waals surface area contributed by atoms with E-state index in [4.69, 9.17) is 23.7 Å². The Morgan fingerprint density at radius 2 is 1.25 bits per heavy atom. The van der Waals surface area contributed by atoms with Crippen LogP contribution in [0.5, 0.6) is 0 Å². The van der Waals surface area contributed by atoms with E-state index in [1.807, 2.05) is 0 Å². The van der Waals surface area contributed by atoms with Crippen LogP contribution < -0.4 is 0 Å². The first-order valence-electron chi connectivity index (χ1n) is 10.0. The number of ether oxygens (including phenoxy) is 5. The van der Waals surface area contributed by atoms with Crippen LogP contribution in [0.15, 0.2) is 0 Å². The predicted molar refractivity (Wildman–Crippen MR) is 103 cm³/mol. The van der Waals surface area contributed by atoms with Gasteiger partial charge in [0, 0.05) is 53.5 Å². The Bertz CT molecular complexity index is 792. The summed E-state index contributed by atoms with van der Waals surface area (Å²) in [5.74, 6) is -4.12. The molecule has 0 unspecified atom stereocenters. The summed E-state index contributed by atoms with van der Waals surface area (Å²) in [5.41, 5.74) is 0. The van der Waals surface area contributed by atoms with Gasteiger partial charge >= 0.3 is 29.8 Å². The number of esters is 5. The van der Waals surface area contributed by atoms with Gasteiger partial charge in [0.2, 0.25) is 6.10 Å². The van der Waals surface area contributed by atoms with Crippen molar-refractivity contribution in [1.82, 2.24) is 4.90 Å². The smallest absolute Gasteiger partial charge is 0.303 e. The molecule has 0 aliphatic carbocycles. The van der Waals surface area contributed by atoms with Crippen LogP contribution in [-0.2, 0) is 52.5 Å². The number of piperidine rings is 2. The maximum Gasteiger partial charge on any atom is 0.303 e. The molecular formula is C20H27NO11. The summed E-state index contributed by atoms with van der Waals surface area (Å²) >= 11 is 0. The van der Waals surface area contributed by atoms with Crippen LogP contribution in [0.1, 0.15) is 47.5 Å². The molecule has 0 radical (unpaired) electrons. The molecule has 1 amide bonds. The molecule has 0 N–H and O–H groups in total. The Morgan fingerprint density at radius 3 is 1.75 bits per heavy atom. The third kappa shape index (κ3) is 6.17. The van der Waals surface area contributed by atoms with Gasteiger partial charge in [-0.15, -0.1) is 0 Å². The fourth-order valence-corrected chi connectivity index (χ4v) is 4.12. The topological polar surface area (TPSA) is 152 Å². The average molecular weight is 457 g/mol. The van der Waals surface area contributed by atoms with Gasteiger partial charge in [0.25, 0.3) is 5.91 Å². The summed E-state index contributed by atoms with van der Waals surface area (Å²) in [6.07, 6.45) is -4.47. The summed E-state index contributed by atoms with van der Waals surface area (Å²) in [5, 5.41) is 0. The van der Waals surface area contributed by atoms with Crippen molar-refractivity contribution in [1.29, 1.82) is 0 Å². The number of rotatable bonds is 6. The van der Waals surface area contributed by atoms with Gasteiger partial charge in [-0.05, 0) is 0 Å². The maximum atomic E-state index is 13.4. The van der Waals surface area contributed by atoms with Crippen molar-refractivity contribution in [2.45, 2.75) is 84.0 Å². The molecule has 2 fully saturated rings. The molecule has 0 aromatic carbocycles. The molecule has 2 aliphatic rings. The first-order valence-corrected chi connectivity index (χ1v) is 10.0. The maximum absolute atomic E-state index is 13.4. The Labute approximate surface area is 184 Å². The number of nitrogens with zero attached hydrogens (tertiary/aromatic N) is 1. The highest BCUT2D eigenvalue weighted by Crippen LogP contribution is 2.36. The molecule has 12 heteroatoms. The van der Waals surface area contributed by atoms with Crippen molar-refractivity contribution < 1.29 is 52.5 Å². The summed E-state index contributed by atoms with van der Waals surface area (Å²) in [4.78, 5) is 72.7. The van der Waals surface area contributed by atoms with Gasteiger partial charge in [0.05, 0.1) is 0 Å². The van der Waals surface area contributed by atoms with Gasteiger partial charge in [-0.1, -0.05) is 0 Å². The SMILES string of the molecule is CC(=O)OC[C@H]1[C@@H](OC(C)=O)[C@H](OC(C)=O)C[C@H]2C[C@@H](OC(C)=O)[C@@H](OC(C)=O)C(=O)N21. The molecule has 2 aliphatic heterocycles. The first kappa shape index (κ1) is 25.1. The molecule has 6 atom stereocenters. The molecule has 2 saturated heterocycles. The molecule has 0 bridgehead atoms. The highest BCUT2D eigenvalue weighted by molar-refractivity contribution is 5.86. The lowest BCUT2D eigenvalue weighted by Gasteiger charge is -2.52. The molecule has 178 valence electrons. The van der Waals surface area contributed by atoms with Crippen LogP contribution in [0.25, 0.3) is 0 Å². The van der Waals surface area contributed by atoms with E-state index in [1.165, 1.54) is 18.7 Å². The van der Waals surface area contributed by atoms with Crippen molar-refractivity contribution in [3.8, 4) is 0 Å². The van der Waals surface area contributed by atoms with Crippen molar-refractivity contribution in [3.63, 3.8) is 0 Å². The fraction of sp³-hybridized carbons (Fsp3) is 0.700. The standard InChI is InChI=1S/C20H27NO11/c1-9(22)28-8-15-18(31-12(4)25)16(29-10(2)23)6-14-7-17(30-11(3)24)19(32-13(5)26)20(27)21(14)15/h14-19H,6-8H2,1-5H3/t14-,15-,16+,17+,18+,19+/m0/s1. The quantitative estimate of drug-likeness (QED) is 0.380. The van der Waals surface area contributed by atoms with E-state index < -0.39 is 72.3 Å². The summed E-state index contributed by atoms with van der Waals surface area (Å²) in [6, 6.07) is -1.68. The molecule has 0 saturated carbocycles. The van der Waals surface area contributed by atoms with Gasteiger partial charge in [-0.2, -0.15) is 0 Å². The van der Waals surface area contributed by atoms with Gasteiger partial charge in [0.15, 0.2) is 6.10 Å². The van der Waals surface area contributed by atoms with Crippen LogP contribution in [0, 0.1) is 0 Å². The zero-order valence-electron chi connectivity index (χ0n) is 18.5. The highest BCUT2D eigenvalue weighted by Gasteiger charge is 2.56. The van der Waals surface area contributed by atoms with Crippen LogP contribution >= 0.6 is 0 Å². The Hall–Kier alpha value is -3.18. The van der Waals surface area contributed by atoms with Gasteiger partial charge in [-0.25, -0.2) is 0 Å². The van der Waals surface area contributed by atoms with E-state index in [0.717, 1.165) is 20.8 Å². The average Bonchev–Trinajstić information content (AvgIpc) is 2.63. The number of fused-ring (bicyclic) bond motifs is 1. The minimum Gasteiger partial charge on any atom is -0.464 e. The number of carbonyl (C=O) groups is 6. The third-order valence-electron chi connectivity index (χ3n) is 5.03. The first-order chi connectivity index (χ1) is 14.9. The predicted octanol–water partition coefficient (Wildman–Crippen LogP) is -0.350. The molecule has 32 heavy (non-hydrogen) atoms. The second-order valence-corrected chi connectivity index (χ2v) is 7.64. The van der Waals surface area contributed by atoms with Gasteiger partial charge < -0.3 is 28.6 Å². The van der Waals surface area contributed by atoms with Gasteiger partial charge in [0.1, 0.15) is 24.9 Å². The lowest BCUT2D eigenvalue weighted by atomic mass is 9.82. The van der Waals surface area contributed by atoms with E-state index >= 15 is 0 Å². The van der Waals surface area contributed by atoms with E-state index in [9.17, 15) is 28.8 Å². The Morgan fingerprint density at radius 1 is 0.750 bits per heavy atom. The molecule has 2 rings (SSSR count). The van der Waals surface area contributed by atoms with E-state index in [2.05, 4.69) is 0 Å². The second kappa shape index (κ2) is 10.4. The minimum absolute atomic E-state index is 0.0599. The van der Waals surface area contributed by atoms with Crippen molar-refractivity contribution in [3.05, 3.63) is 0 Å². The van der Waals surface area contributed by atoms with Crippen LogP contribution in [0.3, 0.4) is 0 Å². The number of amides is 1. The number of hydrogen-bond donors (Lipinski definition) is 0. The van der Waals surface area contributed by atoms with Crippen LogP contribution in [-0.4, -0.2) is 83.8 Å². The summed E-state index contributed by atoms with van der Waals surface area (Å²) in [6.45, 7) is 5.40. The molecule has 0 spiro atoms. The molecular weight excluding hydrogens is 430 g/mol. The summed E-state index contributed by atoms with van der Waals surface area (Å²) < 4.78 is 26.2. The van der Waals surface area contributed by atoms with E-state index in [0.29, 0.717) is 0 Å². The number of hydrogen-bond acceptors (Lipinski definition) is 11. The van der Waals surface area contributed by atoms with Crippen LogP contribution in [0.2, 0.25) is 0 Å². The molecule has 12 nitrogen and oxygen atoms in total. The van der Waals surface area contributed by atoms with Crippen molar-refractivity contribution in [2.24, 2.45) is 0 Å². The Balaban J connectivity index is 2.48. The van der Waals surface area contributed by atoms with Gasteiger partial charge in [-0.3, -0.25) is 28.8 Å². The lowest BCUT2D eigenvalue weighted by Crippen LogP contribution is -2.70. The number of carbonyl (C=O) groups excluding carboxylic acids is 6. The van der Waals surface area contributed by atoms with Crippen molar-refractivity contribution in [2.75, 3.05) is 6.61 Å². The monoisotopic (exact) mass is 457 g/mol. The molecule has 2 heterocycles. The zero-order valence-corrected chi connectivity index (χ0v) is 18.5. The normalized spacial score (nSPS) is 29.3. The molecule has 0 aromatic heterocycles. The largest absolute Gasteiger partial charge is 0.464 e. The fourth-order valence-electron chi connectivity index (χ4n) is 4.12. The highest BCUT2D eigenvalue weighted by atomic mass is 16.6. The minimum atomic E-state index is -1.43.